The highest BCUT2D eigenvalue weighted by Crippen LogP contribution is 2.19. The van der Waals surface area contributed by atoms with Crippen LogP contribution in [0, 0.1) is 5.92 Å². The number of aromatic nitrogens is 1. The van der Waals surface area contributed by atoms with Crippen molar-refractivity contribution in [3.63, 3.8) is 0 Å². The molecular formula is C19H28N4O2. The molecule has 6 nitrogen and oxygen atoms in total. The van der Waals surface area contributed by atoms with Gasteiger partial charge in [-0.05, 0) is 43.7 Å². The second-order valence-electron chi connectivity index (χ2n) is 7.16. The Balaban J connectivity index is 1.36. The number of carbonyl (C=O) groups excluding carboxylic acids is 2. The van der Waals surface area contributed by atoms with Gasteiger partial charge in [0.15, 0.2) is 0 Å². The highest BCUT2D eigenvalue weighted by Gasteiger charge is 2.24. The molecule has 0 atom stereocenters. The van der Waals surface area contributed by atoms with Crippen LogP contribution in [0.2, 0.25) is 0 Å². The van der Waals surface area contributed by atoms with E-state index in [1.54, 1.807) is 24.5 Å². The minimum atomic E-state index is -0.0396. The Hall–Kier alpha value is -2.11. The van der Waals surface area contributed by atoms with Crippen molar-refractivity contribution in [1.82, 2.24) is 20.5 Å². The van der Waals surface area contributed by atoms with Crippen LogP contribution in [-0.2, 0) is 0 Å². The van der Waals surface area contributed by atoms with Gasteiger partial charge in [-0.3, -0.25) is 9.78 Å². The number of piperidine rings is 1. The molecule has 1 aliphatic heterocycles. The van der Waals surface area contributed by atoms with Gasteiger partial charge >= 0.3 is 6.03 Å². The molecule has 136 valence electrons. The number of hydrogen-bond donors (Lipinski definition) is 2. The van der Waals surface area contributed by atoms with Gasteiger partial charge in [0.1, 0.15) is 0 Å². The van der Waals surface area contributed by atoms with Crippen molar-refractivity contribution in [3.05, 3.63) is 30.1 Å². The minimum absolute atomic E-state index is 0.0396. The van der Waals surface area contributed by atoms with Gasteiger partial charge in [0.25, 0.3) is 5.91 Å². The summed E-state index contributed by atoms with van der Waals surface area (Å²) in [5, 5.41) is 6.10. The maximum atomic E-state index is 12.4. The number of pyridine rings is 1. The Morgan fingerprint density at radius 1 is 1.04 bits per heavy atom. The first kappa shape index (κ1) is 17.7. The smallest absolute Gasteiger partial charge is 0.315 e. The third-order valence-electron chi connectivity index (χ3n) is 5.32. The van der Waals surface area contributed by atoms with Crippen molar-refractivity contribution >= 4 is 11.9 Å². The number of nitrogens with one attached hydrogen (secondary N) is 2. The molecule has 2 N–H and O–H groups in total. The predicted molar refractivity (Wildman–Crippen MR) is 96.3 cm³/mol. The zero-order chi connectivity index (χ0) is 17.5. The summed E-state index contributed by atoms with van der Waals surface area (Å²) in [7, 11) is 0. The van der Waals surface area contributed by atoms with E-state index in [4.69, 9.17) is 0 Å². The Morgan fingerprint density at radius 2 is 1.72 bits per heavy atom. The second kappa shape index (κ2) is 8.83. The first-order valence-electron chi connectivity index (χ1n) is 9.46. The summed E-state index contributed by atoms with van der Waals surface area (Å²) in [6.07, 6.45) is 11.1. The lowest BCUT2D eigenvalue weighted by molar-refractivity contribution is 0.0690. The van der Waals surface area contributed by atoms with Gasteiger partial charge in [0.2, 0.25) is 0 Å². The summed E-state index contributed by atoms with van der Waals surface area (Å²) >= 11 is 0. The standard InChI is InChI=1S/C19H28N4O2/c24-18(16-6-10-20-11-7-16)23-12-8-15(9-13-23)14-21-19(25)22-17-4-2-1-3-5-17/h6-7,10-11,15,17H,1-5,8-9,12-14H2,(H2,21,22,25). The predicted octanol–water partition coefficient (Wildman–Crippen LogP) is 2.57. The van der Waals surface area contributed by atoms with Crippen LogP contribution in [0.15, 0.2) is 24.5 Å². The molecule has 1 aromatic rings. The van der Waals surface area contributed by atoms with Crippen LogP contribution in [0.4, 0.5) is 4.79 Å². The molecule has 3 amide bonds. The number of rotatable bonds is 4. The number of likely N-dealkylation sites (tertiary alicyclic amines) is 1. The Morgan fingerprint density at radius 3 is 2.40 bits per heavy atom. The van der Waals surface area contributed by atoms with E-state index in [1.165, 1.54) is 19.3 Å². The van der Waals surface area contributed by atoms with E-state index >= 15 is 0 Å². The molecule has 2 heterocycles. The van der Waals surface area contributed by atoms with Gasteiger partial charge in [-0.15, -0.1) is 0 Å². The topological polar surface area (TPSA) is 74.3 Å². The average Bonchev–Trinajstić information content (AvgIpc) is 2.68. The van der Waals surface area contributed by atoms with E-state index in [2.05, 4.69) is 15.6 Å². The van der Waals surface area contributed by atoms with E-state index in [1.807, 2.05) is 4.90 Å². The van der Waals surface area contributed by atoms with Crippen LogP contribution in [0.25, 0.3) is 0 Å². The van der Waals surface area contributed by atoms with Crippen LogP contribution in [0.1, 0.15) is 55.3 Å². The molecule has 3 rings (SSSR count). The fraction of sp³-hybridized carbons (Fsp3) is 0.632. The molecule has 0 radical (unpaired) electrons. The van der Waals surface area contributed by atoms with Gasteiger partial charge in [-0.25, -0.2) is 4.79 Å². The van der Waals surface area contributed by atoms with Crippen molar-refractivity contribution in [2.45, 2.75) is 51.0 Å². The van der Waals surface area contributed by atoms with Crippen molar-refractivity contribution in [2.24, 2.45) is 5.92 Å². The molecule has 1 aromatic heterocycles. The van der Waals surface area contributed by atoms with Crippen LogP contribution in [0.5, 0.6) is 0 Å². The number of amides is 3. The molecular weight excluding hydrogens is 316 g/mol. The molecule has 1 saturated heterocycles. The van der Waals surface area contributed by atoms with E-state index in [0.717, 1.165) is 38.8 Å². The quantitative estimate of drug-likeness (QED) is 0.881. The van der Waals surface area contributed by atoms with Gasteiger partial charge in [0.05, 0.1) is 0 Å². The molecule has 0 spiro atoms. The maximum absolute atomic E-state index is 12.4. The normalized spacial score (nSPS) is 19.4. The Kier molecular flexibility index (Phi) is 6.25. The van der Waals surface area contributed by atoms with Crippen molar-refractivity contribution in [1.29, 1.82) is 0 Å². The number of nitrogens with zero attached hydrogens (tertiary/aromatic N) is 2. The average molecular weight is 344 g/mol. The highest BCUT2D eigenvalue weighted by molar-refractivity contribution is 5.94. The molecule has 1 saturated carbocycles. The Bertz CT molecular complexity index is 564. The van der Waals surface area contributed by atoms with Crippen molar-refractivity contribution in [2.75, 3.05) is 19.6 Å². The van der Waals surface area contributed by atoms with Crippen molar-refractivity contribution in [3.8, 4) is 0 Å². The first-order valence-corrected chi connectivity index (χ1v) is 9.46. The van der Waals surface area contributed by atoms with Gasteiger partial charge in [0, 0.05) is 43.6 Å². The maximum Gasteiger partial charge on any atom is 0.315 e. The summed E-state index contributed by atoms with van der Waals surface area (Å²) in [5.74, 6) is 0.516. The summed E-state index contributed by atoms with van der Waals surface area (Å²) in [6.45, 7) is 2.19. The second-order valence-corrected chi connectivity index (χ2v) is 7.16. The highest BCUT2D eigenvalue weighted by atomic mass is 16.2. The molecule has 0 unspecified atom stereocenters. The minimum Gasteiger partial charge on any atom is -0.339 e. The summed E-state index contributed by atoms with van der Waals surface area (Å²) in [4.78, 5) is 30.3. The zero-order valence-electron chi connectivity index (χ0n) is 14.7. The number of hydrogen-bond acceptors (Lipinski definition) is 3. The van der Waals surface area contributed by atoms with E-state index in [0.29, 0.717) is 24.1 Å². The fourth-order valence-corrected chi connectivity index (χ4v) is 3.74. The zero-order valence-corrected chi connectivity index (χ0v) is 14.7. The van der Waals surface area contributed by atoms with Crippen LogP contribution in [0.3, 0.4) is 0 Å². The number of carbonyl (C=O) groups is 2. The SMILES string of the molecule is O=C(NCC1CCN(C(=O)c2ccncc2)CC1)NC1CCCCC1. The van der Waals surface area contributed by atoms with E-state index in [9.17, 15) is 9.59 Å². The van der Waals surface area contributed by atoms with Gasteiger partial charge < -0.3 is 15.5 Å². The summed E-state index contributed by atoms with van der Waals surface area (Å²) in [5.41, 5.74) is 0.693. The third-order valence-corrected chi connectivity index (χ3v) is 5.32. The van der Waals surface area contributed by atoms with Crippen LogP contribution in [-0.4, -0.2) is 47.5 Å². The molecule has 25 heavy (non-hydrogen) atoms. The lowest BCUT2D eigenvalue weighted by atomic mass is 9.95. The molecule has 1 aliphatic carbocycles. The Labute approximate surface area is 149 Å². The lowest BCUT2D eigenvalue weighted by Crippen LogP contribution is -2.46. The van der Waals surface area contributed by atoms with Crippen LogP contribution >= 0.6 is 0 Å². The molecule has 6 heteroatoms. The van der Waals surface area contributed by atoms with Gasteiger partial charge in [-0.1, -0.05) is 19.3 Å². The largest absolute Gasteiger partial charge is 0.339 e. The lowest BCUT2D eigenvalue weighted by Gasteiger charge is -2.32. The first-order chi connectivity index (χ1) is 12.2. The molecule has 2 aliphatic rings. The number of urea groups is 1. The fourth-order valence-electron chi connectivity index (χ4n) is 3.74. The van der Waals surface area contributed by atoms with Crippen molar-refractivity contribution < 1.29 is 9.59 Å². The summed E-state index contributed by atoms with van der Waals surface area (Å²) in [6, 6.07) is 3.81. The summed E-state index contributed by atoms with van der Waals surface area (Å²) < 4.78 is 0. The van der Waals surface area contributed by atoms with Gasteiger partial charge in [-0.2, -0.15) is 0 Å². The van der Waals surface area contributed by atoms with E-state index < -0.39 is 0 Å². The van der Waals surface area contributed by atoms with E-state index in [-0.39, 0.29) is 11.9 Å². The molecule has 0 bridgehead atoms. The molecule has 2 fully saturated rings. The third kappa shape index (κ3) is 5.18. The monoisotopic (exact) mass is 344 g/mol. The van der Waals surface area contributed by atoms with Crippen LogP contribution < -0.4 is 10.6 Å². The molecule has 0 aromatic carbocycles.